The number of amides is 1. The van der Waals surface area contributed by atoms with Gasteiger partial charge in [0, 0.05) is 12.7 Å². The van der Waals surface area contributed by atoms with Crippen LogP contribution >= 0.6 is 0 Å². The molecule has 0 saturated carbocycles. The first-order valence-corrected chi connectivity index (χ1v) is 5.55. The lowest BCUT2D eigenvalue weighted by atomic mass is 10.1. The first kappa shape index (κ1) is 12.1. The molecule has 3 N–H and O–H groups in total. The van der Waals surface area contributed by atoms with Crippen molar-refractivity contribution in [2.45, 2.75) is 13.8 Å². The van der Waals surface area contributed by atoms with Gasteiger partial charge in [-0.2, -0.15) is 5.10 Å². The third-order valence-electron chi connectivity index (χ3n) is 2.60. The number of nitrogens with two attached hydrogens (primary N) is 1. The van der Waals surface area contributed by atoms with Gasteiger partial charge >= 0.3 is 0 Å². The first-order chi connectivity index (χ1) is 8.52. The minimum Gasteiger partial charge on any atom is -0.399 e. The number of benzene rings is 1. The molecule has 1 aromatic heterocycles. The van der Waals surface area contributed by atoms with Gasteiger partial charge in [-0.25, -0.2) is 9.67 Å². The van der Waals surface area contributed by atoms with E-state index >= 15 is 0 Å². The zero-order valence-electron chi connectivity index (χ0n) is 10.6. The number of anilines is 1. The maximum Gasteiger partial charge on any atom is 0.253 e. The van der Waals surface area contributed by atoms with Crippen molar-refractivity contribution in [3.63, 3.8) is 0 Å². The minimum atomic E-state index is -0.183. The fourth-order valence-corrected chi connectivity index (χ4v) is 1.80. The van der Waals surface area contributed by atoms with Crippen LogP contribution < -0.4 is 11.1 Å². The number of hydrogen-bond donors (Lipinski definition) is 2. The molecule has 0 bridgehead atoms. The Bertz CT molecular complexity index is 603. The molecule has 0 radical (unpaired) electrons. The topological polar surface area (TPSA) is 85.8 Å². The summed E-state index contributed by atoms with van der Waals surface area (Å²) < 4.78 is 1.62. The zero-order valence-corrected chi connectivity index (χ0v) is 10.6. The summed E-state index contributed by atoms with van der Waals surface area (Å²) in [4.78, 5) is 16.0. The third kappa shape index (κ3) is 2.04. The summed E-state index contributed by atoms with van der Waals surface area (Å²) in [7, 11) is 1.59. The molecule has 0 aliphatic carbocycles. The van der Waals surface area contributed by atoms with E-state index < -0.39 is 0 Å². The molecule has 0 unspecified atom stereocenters. The van der Waals surface area contributed by atoms with E-state index in [2.05, 4.69) is 15.4 Å². The lowest BCUT2D eigenvalue weighted by Gasteiger charge is -2.10. The number of rotatable bonds is 2. The highest BCUT2D eigenvalue weighted by Crippen LogP contribution is 2.19. The SMILES string of the molecule is CNC(=O)c1ccc(N)cc1-n1nc(C)nc1C. The highest BCUT2D eigenvalue weighted by atomic mass is 16.1. The molecule has 1 heterocycles. The molecule has 0 spiro atoms. The van der Waals surface area contributed by atoms with E-state index in [9.17, 15) is 4.79 Å². The molecule has 0 saturated heterocycles. The predicted octanol–water partition coefficient (Wildman–Crippen LogP) is 0.826. The quantitative estimate of drug-likeness (QED) is 0.767. The average Bonchev–Trinajstić information content (AvgIpc) is 2.67. The summed E-state index contributed by atoms with van der Waals surface area (Å²) in [6.45, 7) is 3.63. The number of nitrogen functional groups attached to an aromatic ring is 1. The maximum atomic E-state index is 11.8. The monoisotopic (exact) mass is 245 g/mol. The number of nitrogens with zero attached hydrogens (tertiary/aromatic N) is 3. The van der Waals surface area contributed by atoms with Crippen LogP contribution in [0.1, 0.15) is 22.0 Å². The molecule has 94 valence electrons. The van der Waals surface area contributed by atoms with Gasteiger partial charge in [-0.15, -0.1) is 0 Å². The molecule has 6 nitrogen and oxygen atoms in total. The Morgan fingerprint density at radius 2 is 2.11 bits per heavy atom. The summed E-state index contributed by atoms with van der Waals surface area (Å²) in [5.41, 5.74) is 7.49. The van der Waals surface area contributed by atoms with Gasteiger partial charge in [0.15, 0.2) is 0 Å². The van der Waals surface area contributed by atoms with Crippen LogP contribution in [0, 0.1) is 13.8 Å². The van der Waals surface area contributed by atoms with Gasteiger partial charge in [-0.05, 0) is 32.0 Å². The van der Waals surface area contributed by atoms with Crippen LogP contribution in [0.15, 0.2) is 18.2 Å². The lowest BCUT2D eigenvalue weighted by Crippen LogP contribution is -2.20. The Balaban J connectivity index is 2.65. The molecular weight excluding hydrogens is 230 g/mol. The number of aryl methyl sites for hydroxylation is 2. The van der Waals surface area contributed by atoms with Gasteiger partial charge in [-0.3, -0.25) is 4.79 Å². The van der Waals surface area contributed by atoms with Crippen molar-refractivity contribution in [3.05, 3.63) is 35.4 Å². The predicted molar refractivity (Wildman–Crippen MR) is 68.6 cm³/mol. The standard InChI is InChI=1S/C12H15N5O/c1-7-15-8(2)17(16-7)11-6-9(13)4-5-10(11)12(18)14-3/h4-6H,13H2,1-3H3,(H,14,18). The fraction of sp³-hybridized carbons (Fsp3) is 0.250. The van der Waals surface area contributed by atoms with Gasteiger partial charge in [0.25, 0.3) is 5.91 Å². The Kier molecular flexibility index (Phi) is 3.01. The lowest BCUT2D eigenvalue weighted by molar-refractivity contribution is 0.0963. The number of aromatic nitrogens is 3. The van der Waals surface area contributed by atoms with Gasteiger partial charge in [0.2, 0.25) is 0 Å². The molecule has 0 aliphatic heterocycles. The van der Waals surface area contributed by atoms with E-state index in [1.807, 2.05) is 6.92 Å². The van der Waals surface area contributed by atoms with Gasteiger partial charge in [-0.1, -0.05) is 0 Å². The molecule has 0 aliphatic rings. The van der Waals surface area contributed by atoms with Gasteiger partial charge in [0.1, 0.15) is 11.6 Å². The summed E-state index contributed by atoms with van der Waals surface area (Å²) in [6.07, 6.45) is 0. The Morgan fingerprint density at radius 3 is 2.67 bits per heavy atom. The number of carbonyl (C=O) groups is 1. The third-order valence-corrected chi connectivity index (χ3v) is 2.60. The Hall–Kier alpha value is -2.37. The summed E-state index contributed by atoms with van der Waals surface area (Å²) in [5, 5.41) is 6.86. The van der Waals surface area contributed by atoms with Crippen molar-refractivity contribution in [2.24, 2.45) is 0 Å². The van der Waals surface area contributed by atoms with E-state index in [-0.39, 0.29) is 5.91 Å². The molecule has 2 rings (SSSR count). The number of carbonyl (C=O) groups excluding carboxylic acids is 1. The van der Waals surface area contributed by atoms with Crippen molar-refractivity contribution >= 4 is 11.6 Å². The molecule has 18 heavy (non-hydrogen) atoms. The van der Waals surface area contributed by atoms with Crippen LogP contribution in [-0.4, -0.2) is 27.7 Å². The molecule has 6 heteroatoms. The average molecular weight is 245 g/mol. The second-order valence-electron chi connectivity index (χ2n) is 3.97. The van der Waals surface area contributed by atoms with Crippen molar-refractivity contribution < 1.29 is 4.79 Å². The van der Waals surface area contributed by atoms with Crippen molar-refractivity contribution in [3.8, 4) is 5.69 Å². The fourth-order valence-electron chi connectivity index (χ4n) is 1.80. The largest absolute Gasteiger partial charge is 0.399 e. The zero-order chi connectivity index (χ0) is 13.3. The summed E-state index contributed by atoms with van der Waals surface area (Å²) in [6, 6.07) is 5.08. The van der Waals surface area contributed by atoms with Crippen LogP contribution in [0.5, 0.6) is 0 Å². The van der Waals surface area contributed by atoms with Crippen molar-refractivity contribution in [1.82, 2.24) is 20.1 Å². The van der Waals surface area contributed by atoms with Crippen molar-refractivity contribution in [1.29, 1.82) is 0 Å². The first-order valence-electron chi connectivity index (χ1n) is 5.55. The minimum absolute atomic E-state index is 0.183. The van der Waals surface area contributed by atoms with E-state index in [1.165, 1.54) is 0 Å². The van der Waals surface area contributed by atoms with Crippen LogP contribution in [-0.2, 0) is 0 Å². The molecule has 0 atom stereocenters. The molecule has 0 fully saturated rings. The van der Waals surface area contributed by atoms with E-state index in [0.29, 0.717) is 28.6 Å². The molecule has 1 aromatic carbocycles. The normalized spacial score (nSPS) is 10.4. The summed E-state index contributed by atoms with van der Waals surface area (Å²) in [5.74, 6) is 1.18. The second kappa shape index (κ2) is 4.48. The van der Waals surface area contributed by atoms with E-state index in [1.54, 1.807) is 36.9 Å². The highest BCUT2D eigenvalue weighted by molar-refractivity contribution is 5.98. The van der Waals surface area contributed by atoms with E-state index in [0.717, 1.165) is 0 Å². The molecule has 1 amide bonds. The van der Waals surface area contributed by atoms with Crippen LogP contribution in [0.25, 0.3) is 5.69 Å². The Labute approximate surface area is 105 Å². The number of hydrogen-bond acceptors (Lipinski definition) is 4. The van der Waals surface area contributed by atoms with Gasteiger partial charge in [0.05, 0.1) is 11.3 Å². The highest BCUT2D eigenvalue weighted by Gasteiger charge is 2.15. The Morgan fingerprint density at radius 1 is 1.39 bits per heavy atom. The van der Waals surface area contributed by atoms with Gasteiger partial charge < -0.3 is 11.1 Å². The smallest absolute Gasteiger partial charge is 0.253 e. The summed E-state index contributed by atoms with van der Waals surface area (Å²) >= 11 is 0. The van der Waals surface area contributed by atoms with Crippen LogP contribution in [0.3, 0.4) is 0 Å². The van der Waals surface area contributed by atoms with E-state index in [4.69, 9.17) is 5.73 Å². The molecule has 2 aromatic rings. The van der Waals surface area contributed by atoms with Crippen molar-refractivity contribution in [2.75, 3.05) is 12.8 Å². The van der Waals surface area contributed by atoms with Crippen LogP contribution in [0.2, 0.25) is 0 Å². The van der Waals surface area contributed by atoms with Crippen LogP contribution in [0.4, 0.5) is 5.69 Å². The maximum absolute atomic E-state index is 11.8. The second-order valence-corrected chi connectivity index (χ2v) is 3.97. The number of nitrogens with one attached hydrogen (secondary N) is 1. The molecular formula is C12H15N5O.